The molecule has 1 atom stereocenters. The van der Waals surface area contributed by atoms with Gasteiger partial charge in [-0.1, -0.05) is 36.5 Å². The van der Waals surface area contributed by atoms with Crippen LogP contribution < -0.4 is 9.47 Å². The molecular weight excluding hydrogens is 480 g/mol. The summed E-state index contributed by atoms with van der Waals surface area (Å²) < 4.78 is 16.8. The molecule has 3 heterocycles. The fourth-order valence-electron chi connectivity index (χ4n) is 4.59. The van der Waals surface area contributed by atoms with E-state index in [1.54, 1.807) is 27.2 Å². The van der Waals surface area contributed by atoms with Crippen molar-refractivity contribution in [3.63, 3.8) is 0 Å². The number of benzene rings is 1. The molecule has 1 aromatic carbocycles. The number of amidine groups is 1. The minimum Gasteiger partial charge on any atom is -0.493 e. The zero-order valence-corrected chi connectivity index (χ0v) is 22.0. The van der Waals surface area contributed by atoms with Gasteiger partial charge in [-0.15, -0.1) is 0 Å². The molecule has 0 bridgehead atoms. The third-order valence-corrected chi connectivity index (χ3v) is 7.36. The first-order valence-corrected chi connectivity index (χ1v) is 12.7. The lowest BCUT2D eigenvalue weighted by Gasteiger charge is -2.38. The highest BCUT2D eigenvalue weighted by Gasteiger charge is 2.43. The van der Waals surface area contributed by atoms with E-state index < -0.39 is 12.0 Å². The number of hydrogen-bond acceptors (Lipinski definition) is 9. The molecule has 3 aliphatic heterocycles. The van der Waals surface area contributed by atoms with E-state index in [0.29, 0.717) is 41.0 Å². The first-order valence-electron chi connectivity index (χ1n) is 11.8. The van der Waals surface area contributed by atoms with E-state index >= 15 is 0 Å². The lowest BCUT2D eigenvalue weighted by molar-refractivity contribution is -0.138. The average molecular weight is 513 g/mol. The number of allylic oxidation sites excluding steroid dienone is 1. The van der Waals surface area contributed by atoms with Gasteiger partial charge in [-0.3, -0.25) is 4.79 Å². The Morgan fingerprint density at radius 1 is 1.19 bits per heavy atom. The molecule has 0 spiro atoms. The number of likely N-dealkylation sites (N-methyl/N-ethyl adjacent to an activating group) is 1. The van der Waals surface area contributed by atoms with Gasteiger partial charge in [0.25, 0.3) is 0 Å². The van der Waals surface area contributed by atoms with Gasteiger partial charge in [0.05, 0.1) is 38.0 Å². The van der Waals surface area contributed by atoms with Crippen molar-refractivity contribution >= 4 is 28.8 Å². The van der Waals surface area contributed by atoms with Crippen molar-refractivity contribution in [2.24, 2.45) is 4.99 Å². The van der Waals surface area contributed by atoms with E-state index in [2.05, 4.69) is 18.5 Å². The van der Waals surface area contributed by atoms with Gasteiger partial charge in [0.1, 0.15) is 6.61 Å². The van der Waals surface area contributed by atoms with E-state index in [0.717, 1.165) is 24.4 Å². The fourth-order valence-corrected chi connectivity index (χ4v) is 5.55. The van der Waals surface area contributed by atoms with Crippen molar-refractivity contribution < 1.29 is 23.8 Å². The summed E-state index contributed by atoms with van der Waals surface area (Å²) in [5.41, 5.74) is 2.43. The predicted octanol–water partition coefficient (Wildman–Crippen LogP) is 3.17. The number of ether oxygens (including phenoxy) is 3. The minimum absolute atomic E-state index is 0.0506. The number of amides is 1. The predicted molar refractivity (Wildman–Crippen MR) is 140 cm³/mol. The number of para-hydroxylation sites is 1. The number of esters is 1. The number of thioether (sulfide) groups is 1. The fraction of sp³-hybridized carbons (Fsp3) is 0.423. The Hall–Kier alpha value is -3.24. The molecule has 1 saturated heterocycles. The highest BCUT2D eigenvalue weighted by Crippen LogP contribution is 2.48. The monoisotopic (exact) mass is 512 g/mol. The number of nitrogens with zero attached hydrogens (tertiary/aromatic N) is 4. The van der Waals surface area contributed by atoms with Gasteiger partial charge >= 0.3 is 5.97 Å². The van der Waals surface area contributed by atoms with Crippen molar-refractivity contribution in [2.45, 2.75) is 19.4 Å². The number of methoxy groups -OCH3 is 2. The maximum atomic E-state index is 13.3. The van der Waals surface area contributed by atoms with Crippen molar-refractivity contribution in [3.05, 3.63) is 58.8 Å². The van der Waals surface area contributed by atoms with E-state index in [-0.39, 0.29) is 18.9 Å². The molecule has 0 unspecified atom stereocenters. The Bertz CT molecular complexity index is 1140. The first kappa shape index (κ1) is 25.8. The van der Waals surface area contributed by atoms with E-state index in [4.69, 9.17) is 19.2 Å². The van der Waals surface area contributed by atoms with Gasteiger partial charge in [0.15, 0.2) is 16.7 Å². The molecule has 3 aliphatic rings. The van der Waals surface area contributed by atoms with Crippen LogP contribution in [0.15, 0.2) is 58.2 Å². The molecule has 0 aromatic heterocycles. The second-order valence-electron chi connectivity index (χ2n) is 8.72. The van der Waals surface area contributed by atoms with E-state index in [1.807, 2.05) is 27.3 Å². The first-order chi connectivity index (χ1) is 17.4. The molecule has 36 heavy (non-hydrogen) atoms. The van der Waals surface area contributed by atoms with Gasteiger partial charge in [-0.25, -0.2) is 9.79 Å². The second kappa shape index (κ2) is 11.2. The Labute approximate surface area is 216 Å². The minimum atomic E-state index is -0.610. The van der Waals surface area contributed by atoms with Crippen LogP contribution in [0.4, 0.5) is 0 Å². The maximum Gasteiger partial charge on any atom is 0.338 e. The molecule has 1 fully saturated rings. The molecule has 4 rings (SSSR count). The Kier molecular flexibility index (Phi) is 8.05. The zero-order chi connectivity index (χ0) is 25.8. The van der Waals surface area contributed by atoms with Crippen LogP contribution in [0.1, 0.15) is 24.9 Å². The summed E-state index contributed by atoms with van der Waals surface area (Å²) in [7, 11) is 5.20. The van der Waals surface area contributed by atoms with Crippen LogP contribution in [-0.2, 0) is 14.3 Å². The third kappa shape index (κ3) is 5.01. The summed E-state index contributed by atoms with van der Waals surface area (Å²) in [4.78, 5) is 37.3. The van der Waals surface area contributed by atoms with Crippen LogP contribution in [0, 0.1) is 0 Å². The average Bonchev–Trinajstić information content (AvgIpc) is 3.27. The second-order valence-corrected chi connectivity index (χ2v) is 9.56. The number of carbonyl (C=O) groups is 2. The number of aliphatic imine (C=N–C) groups is 1. The number of piperazine rings is 1. The van der Waals surface area contributed by atoms with Crippen molar-refractivity contribution in [1.29, 1.82) is 0 Å². The third-order valence-electron chi connectivity index (χ3n) is 6.47. The normalized spacial score (nSPS) is 19.9. The molecule has 192 valence electrons. The van der Waals surface area contributed by atoms with Crippen LogP contribution in [0.3, 0.4) is 0 Å². The molecule has 0 saturated carbocycles. The summed E-state index contributed by atoms with van der Waals surface area (Å²) in [6.07, 6.45) is 1.73. The van der Waals surface area contributed by atoms with Gasteiger partial charge in [-0.05, 0) is 25.4 Å². The molecule has 0 radical (unpaired) electrons. The largest absolute Gasteiger partial charge is 0.493 e. The smallest absolute Gasteiger partial charge is 0.338 e. The Morgan fingerprint density at radius 2 is 1.94 bits per heavy atom. The van der Waals surface area contributed by atoms with Gasteiger partial charge in [0, 0.05) is 37.4 Å². The van der Waals surface area contributed by atoms with E-state index in [1.165, 1.54) is 17.8 Å². The molecule has 9 nitrogen and oxygen atoms in total. The van der Waals surface area contributed by atoms with Crippen LogP contribution in [-0.4, -0.2) is 85.8 Å². The summed E-state index contributed by atoms with van der Waals surface area (Å²) >= 11 is 1.44. The summed E-state index contributed by atoms with van der Waals surface area (Å²) in [5.74, 6) is 0.609. The van der Waals surface area contributed by atoms with Gasteiger partial charge in [0.2, 0.25) is 5.91 Å². The van der Waals surface area contributed by atoms with Crippen LogP contribution in [0.2, 0.25) is 0 Å². The standard InChI is InChI=1S/C26H32N4O5S/c1-6-14-35-25(32)22-17(2)27-26-30(23(22)19-8-7-9-20(33-4)24(19)34-5)18(16-36-26)15-21(31)29-12-10-28(3)11-13-29/h6-9,16,23H,1,10-15H2,2-5H3/t23-/m1/s1. The number of carbonyl (C=O) groups excluding carboxylic acids is 2. The maximum absolute atomic E-state index is 13.3. The van der Waals surface area contributed by atoms with Crippen LogP contribution in [0.25, 0.3) is 0 Å². The molecule has 1 amide bonds. The van der Waals surface area contributed by atoms with E-state index in [9.17, 15) is 9.59 Å². The Morgan fingerprint density at radius 3 is 2.61 bits per heavy atom. The molecule has 0 N–H and O–H groups in total. The lowest BCUT2D eigenvalue weighted by Crippen LogP contribution is -2.47. The molecule has 10 heteroatoms. The van der Waals surface area contributed by atoms with Gasteiger partial charge in [-0.2, -0.15) is 0 Å². The van der Waals surface area contributed by atoms with Crippen molar-refractivity contribution in [2.75, 3.05) is 54.1 Å². The lowest BCUT2D eigenvalue weighted by atomic mass is 9.92. The number of fused-ring (bicyclic) bond motifs is 1. The topological polar surface area (TPSA) is 83.9 Å². The zero-order valence-electron chi connectivity index (χ0n) is 21.2. The molecule has 0 aliphatic carbocycles. The highest BCUT2D eigenvalue weighted by atomic mass is 32.2. The van der Waals surface area contributed by atoms with Crippen molar-refractivity contribution in [3.8, 4) is 11.5 Å². The SMILES string of the molecule is C=CCOC(=O)C1=C(C)N=C2SC=C(CC(=O)N3CCN(C)CC3)N2[C@@H]1c1cccc(OC)c1OC. The summed E-state index contributed by atoms with van der Waals surface area (Å²) in [5, 5.41) is 2.64. The quantitative estimate of drug-likeness (QED) is 0.388. The molecular formula is C26H32N4O5S. The van der Waals surface area contributed by atoms with Crippen LogP contribution in [0.5, 0.6) is 11.5 Å². The van der Waals surface area contributed by atoms with Crippen LogP contribution >= 0.6 is 11.8 Å². The van der Waals surface area contributed by atoms with Crippen molar-refractivity contribution in [1.82, 2.24) is 14.7 Å². The summed E-state index contributed by atoms with van der Waals surface area (Å²) in [6.45, 7) is 8.61. The number of hydrogen-bond donors (Lipinski definition) is 0. The Balaban J connectivity index is 1.74. The molecule has 1 aromatic rings. The van der Waals surface area contributed by atoms with Gasteiger partial charge < -0.3 is 28.9 Å². The highest BCUT2D eigenvalue weighted by molar-refractivity contribution is 8.16. The summed E-state index contributed by atoms with van der Waals surface area (Å²) in [6, 6.07) is 4.94. The number of rotatable bonds is 8.